The van der Waals surface area contributed by atoms with E-state index in [4.69, 9.17) is 39.3 Å². The number of alkyl halides is 1. The number of halogens is 3. The lowest BCUT2D eigenvalue weighted by Crippen LogP contribution is -2.32. The van der Waals surface area contributed by atoms with Gasteiger partial charge in [-0.15, -0.1) is 0 Å². The maximum Gasteiger partial charge on any atom is 0.295 e. The van der Waals surface area contributed by atoms with Crippen molar-refractivity contribution in [3.63, 3.8) is 0 Å². The lowest BCUT2D eigenvalue weighted by Gasteiger charge is -2.25. The molecule has 0 spiro atoms. The highest BCUT2D eigenvalue weighted by molar-refractivity contribution is 6.35. The van der Waals surface area contributed by atoms with Crippen molar-refractivity contribution < 1.29 is 9.32 Å². The van der Waals surface area contributed by atoms with Crippen LogP contribution in [0.4, 0.5) is 5.69 Å². The number of aryl methyl sites for hydroxylation is 1. The number of hydrogen-bond acceptors (Lipinski definition) is 7. The topological polar surface area (TPSA) is 85.0 Å². The van der Waals surface area contributed by atoms with Crippen molar-refractivity contribution in [2.45, 2.75) is 24.9 Å². The molecule has 0 radical (unpaired) electrons. The van der Waals surface area contributed by atoms with E-state index in [0.29, 0.717) is 22.3 Å². The number of ketones is 1. The third-order valence-electron chi connectivity index (χ3n) is 5.47. The van der Waals surface area contributed by atoms with Gasteiger partial charge in [0.2, 0.25) is 11.6 Å². The summed E-state index contributed by atoms with van der Waals surface area (Å²) in [6, 6.07) is 11.2. The summed E-state index contributed by atoms with van der Waals surface area (Å²) in [5, 5.41) is 4.96. The van der Waals surface area contributed by atoms with Crippen LogP contribution in [0.5, 0.6) is 0 Å². The molecule has 7 nitrogen and oxygen atoms in total. The molecular formula is C23H16Cl3N5O2. The molecule has 0 fully saturated rings. The number of anilines is 1. The first-order valence-electron chi connectivity index (χ1n) is 10.0. The minimum Gasteiger partial charge on any atom is -0.349 e. The molecule has 3 heterocycles. The number of nitrogens with zero attached hydrogens (tertiary/aromatic N) is 5. The van der Waals surface area contributed by atoms with Crippen LogP contribution in [-0.2, 0) is 6.54 Å². The monoisotopic (exact) mass is 499 g/mol. The third kappa shape index (κ3) is 4.08. The Hall–Kier alpha value is -3.00. The van der Waals surface area contributed by atoms with Crippen molar-refractivity contribution in [2.75, 3.05) is 4.90 Å². The zero-order valence-electron chi connectivity index (χ0n) is 17.2. The fourth-order valence-electron chi connectivity index (χ4n) is 3.89. The molecule has 0 aliphatic carbocycles. The van der Waals surface area contributed by atoms with Gasteiger partial charge in [-0.25, -0.2) is 4.98 Å². The zero-order valence-corrected chi connectivity index (χ0v) is 19.5. The van der Waals surface area contributed by atoms with Crippen LogP contribution in [0.2, 0.25) is 10.0 Å². The largest absolute Gasteiger partial charge is 0.349 e. The van der Waals surface area contributed by atoms with E-state index in [0.717, 1.165) is 22.4 Å². The SMILES string of the molecule is Cc1ccc2c(c1)C(C(=O)c1nc(-c3cnccn3)no1)C(Cl)N2Cc1ccc(Cl)cc1Cl. The molecule has 10 heteroatoms. The molecule has 33 heavy (non-hydrogen) atoms. The first kappa shape index (κ1) is 21.8. The highest BCUT2D eigenvalue weighted by Crippen LogP contribution is 2.45. The molecule has 1 aliphatic rings. The molecule has 2 aromatic heterocycles. The van der Waals surface area contributed by atoms with Gasteiger partial charge in [0.05, 0.1) is 12.1 Å². The summed E-state index contributed by atoms with van der Waals surface area (Å²) in [6.07, 6.45) is 4.54. The summed E-state index contributed by atoms with van der Waals surface area (Å²) < 4.78 is 5.28. The molecule has 5 rings (SSSR count). The summed E-state index contributed by atoms with van der Waals surface area (Å²) in [4.78, 5) is 27.8. The molecule has 4 aromatic rings. The van der Waals surface area contributed by atoms with Crippen LogP contribution < -0.4 is 4.90 Å². The first-order chi connectivity index (χ1) is 15.9. The van der Waals surface area contributed by atoms with Gasteiger partial charge in [0.15, 0.2) is 0 Å². The summed E-state index contributed by atoms with van der Waals surface area (Å²) in [5.41, 5.74) is 3.21. The van der Waals surface area contributed by atoms with E-state index >= 15 is 0 Å². The number of fused-ring (bicyclic) bond motifs is 1. The lowest BCUT2D eigenvalue weighted by atomic mass is 9.95. The van der Waals surface area contributed by atoms with Crippen molar-refractivity contribution >= 4 is 46.3 Å². The highest BCUT2D eigenvalue weighted by atomic mass is 35.5. The van der Waals surface area contributed by atoms with Crippen LogP contribution in [-0.4, -0.2) is 31.4 Å². The van der Waals surface area contributed by atoms with Crippen molar-refractivity contribution in [3.05, 3.63) is 87.6 Å². The number of aromatic nitrogens is 4. The Morgan fingerprint density at radius 3 is 2.76 bits per heavy atom. The lowest BCUT2D eigenvalue weighted by molar-refractivity contribution is 0.0917. The Morgan fingerprint density at radius 1 is 1.15 bits per heavy atom. The summed E-state index contributed by atoms with van der Waals surface area (Å²) >= 11 is 19.3. The van der Waals surface area contributed by atoms with Gasteiger partial charge in [-0.3, -0.25) is 9.78 Å². The van der Waals surface area contributed by atoms with E-state index in [1.807, 2.05) is 36.1 Å². The number of carbonyl (C=O) groups is 1. The van der Waals surface area contributed by atoms with Gasteiger partial charge in [0, 0.05) is 34.7 Å². The Morgan fingerprint density at radius 2 is 2.00 bits per heavy atom. The highest BCUT2D eigenvalue weighted by Gasteiger charge is 2.44. The summed E-state index contributed by atoms with van der Waals surface area (Å²) in [6.45, 7) is 2.36. The van der Waals surface area contributed by atoms with Gasteiger partial charge in [0.1, 0.15) is 11.2 Å². The zero-order chi connectivity index (χ0) is 23.1. The maximum absolute atomic E-state index is 13.5. The minimum absolute atomic E-state index is 0.134. The second kappa shape index (κ2) is 8.74. The molecular weight excluding hydrogens is 485 g/mol. The van der Waals surface area contributed by atoms with Crippen LogP contribution in [0.25, 0.3) is 11.5 Å². The van der Waals surface area contributed by atoms with E-state index in [1.54, 1.807) is 12.1 Å². The number of Topliss-reactive ketones (excluding diaryl/α,β-unsaturated/α-hetero) is 1. The van der Waals surface area contributed by atoms with Gasteiger partial charge in [0.25, 0.3) is 5.89 Å². The van der Waals surface area contributed by atoms with Gasteiger partial charge < -0.3 is 9.42 Å². The van der Waals surface area contributed by atoms with Crippen LogP contribution in [0.3, 0.4) is 0 Å². The molecule has 2 unspecified atom stereocenters. The predicted octanol–water partition coefficient (Wildman–Crippen LogP) is 5.69. The van der Waals surface area contributed by atoms with Crippen LogP contribution in [0, 0.1) is 6.92 Å². The molecule has 0 bridgehead atoms. The number of carbonyl (C=O) groups excluding carboxylic acids is 1. The van der Waals surface area contributed by atoms with Gasteiger partial charge in [-0.1, -0.05) is 63.7 Å². The normalized spacial score (nSPS) is 17.3. The Bertz CT molecular complexity index is 1350. The van der Waals surface area contributed by atoms with E-state index in [1.165, 1.54) is 18.6 Å². The Kier molecular flexibility index (Phi) is 5.78. The molecule has 0 saturated carbocycles. The Balaban J connectivity index is 1.50. The number of hydrogen-bond donors (Lipinski definition) is 0. The van der Waals surface area contributed by atoms with Gasteiger partial charge in [-0.05, 0) is 36.2 Å². The van der Waals surface area contributed by atoms with E-state index in [-0.39, 0.29) is 17.5 Å². The van der Waals surface area contributed by atoms with Gasteiger partial charge >= 0.3 is 0 Å². The molecule has 2 aromatic carbocycles. The van der Waals surface area contributed by atoms with Crippen molar-refractivity contribution in [1.29, 1.82) is 0 Å². The second-order valence-electron chi connectivity index (χ2n) is 7.65. The van der Waals surface area contributed by atoms with Crippen LogP contribution in [0.1, 0.15) is 33.3 Å². The number of rotatable bonds is 5. The van der Waals surface area contributed by atoms with Crippen molar-refractivity contribution in [3.8, 4) is 11.5 Å². The number of benzene rings is 2. The van der Waals surface area contributed by atoms with Crippen molar-refractivity contribution in [2.24, 2.45) is 0 Å². The fraction of sp³-hybridized carbons (Fsp3) is 0.174. The smallest absolute Gasteiger partial charge is 0.295 e. The third-order valence-corrected chi connectivity index (χ3v) is 6.54. The minimum atomic E-state index is -0.706. The molecule has 0 saturated heterocycles. The van der Waals surface area contributed by atoms with Crippen molar-refractivity contribution in [1.82, 2.24) is 20.1 Å². The standard InChI is InChI=1S/C23H16Cl3N5O2/c1-12-2-5-18-15(8-12)19(21(26)31(18)11-13-3-4-14(24)9-16(13)25)20(32)23-29-22(30-33-23)17-10-27-6-7-28-17/h2-10,19,21H,11H2,1H3. The first-order valence-corrected chi connectivity index (χ1v) is 11.2. The van der Waals surface area contributed by atoms with E-state index in [9.17, 15) is 4.79 Å². The fourth-order valence-corrected chi connectivity index (χ4v) is 4.79. The van der Waals surface area contributed by atoms with E-state index in [2.05, 4.69) is 20.1 Å². The average Bonchev–Trinajstić information content (AvgIpc) is 3.39. The molecule has 1 aliphatic heterocycles. The van der Waals surface area contributed by atoms with Crippen LogP contribution in [0.15, 0.2) is 59.5 Å². The summed E-state index contributed by atoms with van der Waals surface area (Å²) in [7, 11) is 0. The van der Waals surface area contributed by atoms with E-state index < -0.39 is 11.4 Å². The quantitative estimate of drug-likeness (QED) is 0.198. The second-order valence-corrected chi connectivity index (χ2v) is 8.95. The maximum atomic E-state index is 13.5. The molecule has 0 N–H and O–H groups in total. The van der Waals surface area contributed by atoms with Crippen LogP contribution >= 0.6 is 34.8 Å². The predicted molar refractivity (Wildman–Crippen MR) is 126 cm³/mol. The molecule has 2 atom stereocenters. The molecule has 166 valence electrons. The average molecular weight is 501 g/mol. The summed E-state index contributed by atoms with van der Waals surface area (Å²) in [5.74, 6) is -1.02. The Labute approximate surface area is 204 Å². The molecule has 0 amide bonds. The van der Waals surface area contributed by atoms with Gasteiger partial charge in [-0.2, -0.15) is 4.98 Å².